The van der Waals surface area contributed by atoms with Gasteiger partial charge in [-0.3, -0.25) is 0 Å². The SMILES string of the molecule is Cc1c(Br)ccc2c1NCCC2.Cl. The van der Waals surface area contributed by atoms with Gasteiger partial charge in [0.25, 0.3) is 0 Å². The third-order valence-corrected chi connectivity index (χ3v) is 3.27. The van der Waals surface area contributed by atoms with Gasteiger partial charge < -0.3 is 5.32 Å². The van der Waals surface area contributed by atoms with Crippen molar-refractivity contribution in [2.75, 3.05) is 11.9 Å². The molecule has 0 radical (unpaired) electrons. The van der Waals surface area contributed by atoms with Crippen molar-refractivity contribution in [3.63, 3.8) is 0 Å². The topological polar surface area (TPSA) is 12.0 Å². The summed E-state index contributed by atoms with van der Waals surface area (Å²) in [5.41, 5.74) is 4.14. The van der Waals surface area contributed by atoms with Gasteiger partial charge in [-0.15, -0.1) is 12.4 Å². The predicted molar refractivity (Wildman–Crippen MR) is 62.9 cm³/mol. The van der Waals surface area contributed by atoms with Crippen LogP contribution in [0.4, 0.5) is 5.69 Å². The summed E-state index contributed by atoms with van der Waals surface area (Å²) >= 11 is 3.53. The largest absolute Gasteiger partial charge is 0.385 e. The van der Waals surface area contributed by atoms with Crippen molar-refractivity contribution in [1.29, 1.82) is 0 Å². The Bertz CT molecular complexity index is 312. The van der Waals surface area contributed by atoms with Crippen molar-refractivity contribution in [1.82, 2.24) is 0 Å². The summed E-state index contributed by atoms with van der Waals surface area (Å²) < 4.78 is 1.20. The fourth-order valence-corrected chi connectivity index (χ4v) is 2.02. The van der Waals surface area contributed by atoms with E-state index in [4.69, 9.17) is 0 Å². The first-order valence-corrected chi connectivity index (χ1v) is 5.10. The van der Waals surface area contributed by atoms with Crippen LogP contribution in [0, 0.1) is 6.92 Å². The Hall–Kier alpha value is -0.210. The van der Waals surface area contributed by atoms with Gasteiger partial charge >= 0.3 is 0 Å². The van der Waals surface area contributed by atoms with Crippen molar-refractivity contribution in [3.8, 4) is 0 Å². The number of nitrogens with one attached hydrogen (secondary N) is 1. The summed E-state index contributed by atoms with van der Waals surface area (Å²) in [6.07, 6.45) is 2.48. The van der Waals surface area contributed by atoms with E-state index < -0.39 is 0 Å². The number of rotatable bonds is 0. The minimum atomic E-state index is 0. The molecule has 3 heteroatoms. The Morgan fingerprint density at radius 3 is 2.92 bits per heavy atom. The van der Waals surface area contributed by atoms with E-state index in [1.807, 2.05) is 0 Å². The summed E-state index contributed by atoms with van der Waals surface area (Å²) in [7, 11) is 0. The first-order chi connectivity index (χ1) is 5.79. The van der Waals surface area contributed by atoms with Crippen molar-refractivity contribution < 1.29 is 0 Å². The molecule has 1 aliphatic heterocycles. The Morgan fingerprint density at radius 1 is 1.38 bits per heavy atom. The van der Waals surface area contributed by atoms with Gasteiger partial charge in [0.2, 0.25) is 0 Å². The van der Waals surface area contributed by atoms with Crippen LogP contribution in [0.1, 0.15) is 17.5 Å². The molecule has 0 aromatic heterocycles. The zero-order valence-corrected chi connectivity index (χ0v) is 9.96. The van der Waals surface area contributed by atoms with Gasteiger partial charge in [0, 0.05) is 16.7 Å². The lowest BCUT2D eigenvalue weighted by Gasteiger charge is -2.20. The molecule has 0 spiro atoms. The number of benzene rings is 1. The molecule has 1 nitrogen and oxygen atoms in total. The number of halogens is 2. The number of fused-ring (bicyclic) bond motifs is 1. The molecule has 72 valence electrons. The second-order valence-corrected chi connectivity index (χ2v) is 4.09. The second-order valence-electron chi connectivity index (χ2n) is 3.24. The van der Waals surface area contributed by atoms with Gasteiger partial charge in [0.05, 0.1) is 0 Å². The molecule has 0 amide bonds. The van der Waals surface area contributed by atoms with Crippen LogP contribution in [0.25, 0.3) is 0 Å². The maximum atomic E-state index is 3.53. The molecule has 1 N–H and O–H groups in total. The quantitative estimate of drug-likeness (QED) is 0.754. The summed E-state index contributed by atoms with van der Waals surface area (Å²) in [6, 6.07) is 4.35. The maximum absolute atomic E-state index is 3.53. The summed E-state index contributed by atoms with van der Waals surface area (Å²) in [4.78, 5) is 0. The van der Waals surface area contributed by atoms with Gasteiger partial charge in [-0.2, -0.15) is 0 Å². The first-order valence-electron chi connectivity index (χ1n) is 4.31. The standard InChI is InChI=1S/C10H12BrN.ClH/c1-7-9(11)5-4-8-3-2-6-12-10(7)8;/h4-5,12H,2-3,6H2,1H3;1H. The molecule has 0 aliphatic carbocycles. The van der Waals surface area contributed by atoms with E-state index >= 15 is 0 Å². The number of hydrogen-bond acceptors (Lipinski definition) is 1. The molecular weight excluding hydrogens is 249 g/mol. The lowest BCUT2D eigenvalue weighted by atomic mass is 10.0. The highest BCUT2D eigenvalue weighted by Crippen LogP contribution is 2.30. The molecule has 1 aromatic carbocycles. The molecule has 0 fully saturated rings. The zero-order chi connectivity index (χ0) is 8.55. The number of aryl methyl sites for hydroxylation is 1. The Kier molecular flexibility index (Phi) is 3.63. The van der Waals surface area contributed by atoms with Crippen LogP contribution < -0.4 is 5.32 Å². The third kappa shape index (κ3) is 2.00. The highest BCUT2D eigenvalue weighted by atomic mass is 79.9. The van der Waals surface area contributed by atoms with Crippen LogP contribution in [0.2, 0.25) is 0 Å². The van der Waals surface area contributed by atoms with Crippen LogP contribution in [0.5, 0.6) is 0 Å². The summed E-state index contributed by atoms with van der Waals surface area (Å²) in [6.45, 7) is 3.27. The van der Waals surface area contributed by atoms with Crippen molar-refractivity contribution in [3.05, 3.63) is 27.7 Å². The van der Waals surface area contributed by atoms with Gasteiger partial charge in [-0.05, 0) is 37.0 Å². The molecular formula is C10H13BrClN. The lowest BCUT2D eigenvalue weighted by molar-refractivity contribution is 0.827. The summed E-state index contributed by atoms with van der Waals surface area (Å²) in [5.74, 6) is 0. The molecule has 1 heterocycles. The van der Waals surface area contributed by atoms with E-state index in [0.717, 1.165) is 6.54 Å². The fraction of sp³-hybridized carbons (Fsp3) is 0.400. The van der Waals surface area contributed by atoms with Gasteiger partial charge in [-0.25, -0.2) is 0 Å². The van der Waals surface area contributed by atoms with E-state index in [1.165, 1.54) is 34.1 Å². The molecule has 0 unspecified atom stereocenters. The number of hydrogen-bond donors (Lipinski definition) is 1. The minimum Gasteiger partial charge on any atom is -0.385 e. The van der Waals surface area contributed by atoms with Crippen LogP contribution in [-0.2, 0) is 6.42 Å². The minimum absolute atomic E-state index is 0. The Morgan fingerprint density at radius 2 is 2.15 bits per heavy atom. The normalized spacial score (nSPS) is 14.0. The fourth-order valence-electron chi connectivity index (χ4n) is 1.69. The van der Waals surface area contributed by atoms with E-state index in [0.29, 0.717) is 0 Å². The van der Waals surface area contributed by atoms with Crippen LogP contribution in [0.15, 0.2) is 16.6 Å². The predicted octanol–water partition coefficient (Wildman–Crippen LogP) is 3.54. The van der Waals surface area contributed by atoms with Crippen molar-refractivity contribution in [2.45, 2.75) is 19.8 Å². The van der Waals surface area contributed by atoms with E-state index in [2.05, 4.69) is 40.3 Å². The molecule has 0 saturated carbocycles. The smallest absolute Gasteiger partial charge is 0.0413 e. The monoisotopic (exact) mass is 261 g/mol. The maximum Gasteiger partial charge on any atom is 0.0413 e. The van der Waals surface area contributed by atoms with E-state index in [-0.39, 0.29) is 12.4 Å². The first kappa shape index (κ1) is 10.9. The average molecular weight is 263 g/mol. The molecule has 0 bridgehead atoms. The molecule has 0 saturated heterocycles. The van der Waals surface area contributed by atoms with Crippen molar-refractivity contribution in [2.24, 2.45) is 0 Å². The van der Waals surface area contributed by atoms with Crippen LogP contribution >= 0.6 is 28.3 Å². The van der Waals surface area contributed by atoms with Crippen molar-refractivity contribution >= 4 is 34.0 Å². The highest BCUT2D eigenvalue weighted by Gasteiger charge is 2.11. The third-order valence-electron chi connectivity index (χ3n) is 2.41. The molecule has 13 heavy (non-hydrogen) atoms. The molecule has 1 aliphatic rings. The zero-order valence-electron chi connectivity index (χ0n) is 7.56. The summed E-state index contributed by atoms with van der Waals surface area (Å²) in [5, 5.41) is 3.44. The van der Waals surface area contributed by atoms with Crippen LogP contribution in [-0.4, -0.2) is 6.54 Å². The molecule has 1 aromatic rings. The second kappa shape index (κ2) is 4.34. The molecule has 2 rings (SSSR count). The Labute approximate surface area is 93.5 Å². The van der Waals surface area contributed by atoms with Crippen LogP contribution in [0.3, 0.4) is 0 Å². The van der Waals surface area contributed by atoms with E-state index in [1.54, 1.807) is 0 Å². The molecule has 0 atom stereocenters. The Balaban J connectivity index is 0.000000845. The highest BCUT2D eigenvalue weighted by molar-refractivity contribution is 9.10. The van der Waals surface area contributed by atoms with E-state index in [9.17, 15) is 0 Å². The van der Waals surface area contributed by atoms with Gasteiger partial charge in [-0.1, -0.05) is 22.0 Å². The van der Waals surface area contributed by atoms with Gasteiger partial charge in [0.15, 0.2) is 0 Å². The average Bonchev–Trinajstić information content (AvgIpc) is 2.12. The van der Waals surface area contributed by atoms with Gasteiger partial charge in [0.1, 0.15) is 0 Å². The number of anilines is 1. The lowest BCUT2D eigenvalue weighted by Crippen LogP contribution is -2.12.